The second-order valence-corrected chi connectivity index (χ2v) is 16.8. The van der Waals surface area contributed by atoms with E-state index in [0.717, 1.165) is 0 Å². The molecule has 5 heteroatoms. The molecule has 0 saturated carbocycles. The third kappa shape index (κ3) is 9.65. The first kappa shape index (κ1) is 10.7. The van der Waals surface area contributed by atoms with Crippen LogP contribution in [0, 0.1) is 0 Å². The third-order valence-electron chi connectivity index (χ3n) is 0.380. The summed E-state index contributed by atoms with van der Waals surface area (Å²) in [5, 5.41) is 0. The maximum Gasteiger partial charge on any atom is 0.316 e. The minimum Gasteiger partial charge on any atom is -0.309 e. The molecule has 0 spiro atoms. The van der Waals surface area contributed by atoms with E-state index in [1.165, 1.54) is 0 Å². The van der Waals surface area contributed by atoms with Gasteiger partial charge < -0.3 is 4.52 Å². The number of hydrogen-bond donors (Lipinski definition) is 0. The van der Waals surface area contributed by atoms with E-state index in [1.807, 2.05) is 64.9 Å². The Hall–Kier alpha value is 1.65. The van der Waals surface area contributed by atoms with Crippen LogP contribution < -0.4 is 0 Å². The van der Waals surface area contributed by atoms with Crippen LogP contribution in [0.1, 0.15) is 20.8 Å². The van der Waals surface area contributed by atoms with Crippen molar-refractivity contribution in [2.75, 3.05) is 0 Å². The Morgan fingerprint density at radius 3 is 1.67 bits per heavy atom. The average molecular weight is 374 g/mol. The number of halogens is 2. The smallest absolute Gasteiger partial charge is 0.309 e. The molecule has 0 aliphatic carbocycles. The molecule has 0 amide bonds. The fourth-order valence-corrected chi connectivity index (χ4v) is 4.50. The Balaban J connectivity index is 3.90. The van der Waals surface area contributed by atoms with Crippen molar-refractivity contribution >= 4 is 46.7 Å². The van der Waals surface area contributed by atoms with Gasteiger partial charge in [-0.2, -0.15) is 0 Å². The number of hydrogen-bond acceptors (Lipinski definition) is 2. The summed E-state index contributed by atoms with van der Waals surface area (Å²) >= 11 is 3.64. The number of rotatable bonds is 1. The topological polar surface area (TPSA) is 26.3 Å². The van der Waals surface area contributed by atoms with Gasteiger partial charge in [0, 0.05) is 44.1 Å². The van der Waals surface area contributed by atoms with Crippen molar-refractivity contribution in [2.45, 2.75) is 26.4 Å². The molecule has 9 heavy (non-hydrogen) atoms. The highest BCUT2D eigenvalue weighted by molar-refractivity contribution is 14.3. The van der Waals surface area contributed by atoms with Gasteiger partial charge in [-0.05, 0) is 20.8 Å². The Labute approximate surface area is 81.5 Å². The van der Waals surface area contributed by atoms with Gasteiger partial charge in [-0.25, -0.2) is 0 Å². The van der Waals surface area contributed by atoms with Crippen LogP contribution in [-0.2, 0) is 9.09 Å². The molecule has 0 unspecified atom stereocenters. The van der Waals surface area contributed by atoms with Gasteiger partial charge >= 0.3 is 2.65 Å². The summed E-state index contributed by atoms with van der Waals surface area (Å²) in [5.74, 6) is 0. The highest BCUT2D eigenvalue weighted by Crippen LogP contribution is 2.65. The molecule has 0 aromatic heterocycles. The van der Waals surface area contributed by atoms with Crippen LogP contribution in [0.25, 0.3) is 0 Å². The van der Waals surface area contributed by atoms with Crippen molar-refractivity contribution in [3.63, 3.8) is 0 Å². The van der Waals surface area contributed by atoms with Gasteiger partial charge in [-0.1, -0.05) is 0 Å². The van der Waals surface area contributed by atoms with Crippen LogP contribution in [0.5, 0.6) is 0 Å². The summed E-state index contributed by atoms with van der Waals surface area (Å²) in [6.07, 6.45) is 0. The van der Waals surface area contributed by atoms with Crippen LogP contribution in [0.2, 0.25) is 0 Å². The van der Waals surface area contributed by atoms with Crippen LogP contribution >= 0.6 is 46.7 Å². The molecule has 0 heterocycles. The lowest BCUT2D eigenvalue weighted by Gasteiger charge is -2.19. The lowest BCUT2D eigenvalue weighted by Crippen LogP contribution is -2.14. The van der Waals surface area contributed by atoms with Gasteiger partial charge in [-0.3, -0.25) is 4.57 Å². The van der Waals surface area contributed by atoms with E-state index in [1.54, 1.807) is 0 Å². The second kappa shape index (κ2) is 3.36. The second-order valence-electron chi connectivity index (χ2n) is 2.62. The summed E-state index contributed by atoms with van der Waals surface area (Å²) in [6, 6.07) is 0. The minimum absolute atomic E-state index is 0.294. The highest BCUT2D eigenvalue weighted by atomic mass is 127. The van der Waals surface area contributed by atoms with Gasteiger partial charge in [0.15, 0.2) is 0 Å². The third-order valence-corrected chi connectivity index (χ3v) is 2.32. The molecule has 56 valence electrons. The summed E-state index contributed by atoms with van der Waals surface area (Å²) in [6.45, 7) is 5.66. The summed E-state index contributed by atoms with van der Waals surface area (Å²) < 4.78 is 13.8. The molecule has 0 fully saturated rings. The Morgan fingerprint density at radius 1 is 1.33 bits per heavy atom. The molecule has 0 aliphatic rings. The zero-order chi connectivity index (χ0) is 7.71. The predicted octanol–water partition coefficient (Wildman–Crippen LogP) is 3.78. The fraction of sp³-hybridized carbons (Fsp3) is 1.00. The Bertz CT molecular complexity index is 134. The molecule has 0 rings (SSSR count). The zero-order valence-electron chi connectivity index (χ0n) is 5.52. The van der Waals surface area contributed by atoms with E-state index in [-0.39, 0.29) is 5.60 Å². The maximum absolute atomic E-state index is 11.0. The van der Waals surface area contributed by atoms with E-state index in [9.17, 15) is 4.57 Å². The first-order valence-electron chi connectivity index (χ1n) is 2.41. The molecule has 0 radical (unpaired) electrons. The van der Waals surface area contributed by atoms with Gasteiger partial charge in [0.05, 0.1) is 5.60 Å². The molecule has 0 aromatic carbocycles. The molecule has 0 bridgehead atoms. The van der Waals surface area contributed by atoms with Gasteiger partial charge in [-0.15, -0.1) is 0 Å². The van der Waals surface area contributed by atoms with E-state index in [4.69, 9.17) is 4.52 Å². The first-order chi connectivity index (χ1) is 3.71. The lowest BCUT2D eigenvalue weighted by molar-refractivity contribution is 0.148. The summed E-state index contributed by atoms with van der Waals surface area (Å²) in [7, 11) is 0. The molecule has 2 nitrogen and oxygen atoms in total. The Kier molecular flexibility index (Phi) is 3.98. The predicted molar refractivity (Wildman–Crippen MR) is 56.5 cm³/mol. The molecule has 0 atom stereocenters. The SMILES string of the molecule is CC(C)(C)OP(=O)(I)I. The quantitative estimate of drug-likeness (QED) is 0.516. The van der Waals surface area contributed by atoms with Crippen LogP contribution in [0.4, 0.5) is 0 Å². The van der Waals surface area contributed by atoms with E-state index >= 15 is 0 Å². The van der Waals surface area contributed by atoms with Crippen LogP contribution in [0.3, 0.4) is 0 Å². The fourth-order valence-electron chi connectivity index (χ4n) is 0.319. The van der Waals surface area contributed by atoms with Crippen molar-refractivity contribution in [3.8, 4) is 0 Å². The van der Waals surface area contributed by atoms with E-state index in [0.29, 0.717) is 0 Å². The standard InChI is InChI=1S/C4H9I2O2P/c1-4(2,3)8-9(5,6)7/h1-3H3. The van der Waals surface area contributed by atoms with Crippen LogP contribution in [-0.4, -0.2) is 5.60 Å². The highest BCUT2D eigenvalue weighted by Gasteiger charge is 2.22. The zero-order valence-corrected chi connectivity index (χ0v) is 10.7. The normalized spacial score (nSPS) is 13.9. The lowest BCUT2D eigenvalue weighted by atomic mass is 10.2. The van der Waals surface area contributed by atoms with Crippen molar-refractivity contribution in [1.82, 2.24) is 0 Å². The summed E-state index contributed by atoms with van der Waals surface area (Å²) in [4.78, 5) is 0. The van der Waals surface area contributed by atoms with Crippen LogP contribution in [0.15, 0.2) is 0 Å². The molecule has 0 aromatic rings. The van der Waals surface area contributed by atoms with E-state index < -0.39 is 2.65 Å². The molecular formula is C4H9I2O2P. The molecular weight excluding hydrogens is 365 g/mol. The van der Waals surface area contributed by atoms with Crippen molar-refractivity contribution in [2.24, 2.45) is 0 Å². The van der Waals surface area contributed by atoms with Crippen molar-refractivity contribution in [3.05, 3.63) is 0 Å². The molecule has 0 saturated heterocycles. The van der Waals surface area contributed by atoms with Gasteiger partial charge in [0.1, 0.15) is 0 Å². The molecule has 0 aliphatic heterocycles. The minimum atomic E-state index is -2.35. The van der Waals surface area contributed by atoms with E-state index in [2.05, 4.69) is 0 Å². The molecule has 0 N–H and O–H groups in total. The monoisotopic (exact) mass is 374 g/mol. The first-order valence-corrected chi connectivity index (χ1v) is 9.60. The summed E-state index contributed by atoms with van der Waals surface area (Å²) in [5.41, 5.74) is -0.294. The van der Waals surface area contributed by atoms with Gasteiger partial charge in [0.2, 0.25) is 0 Å². The maximum atomic E-state index is 11.0. The Morgan fingerprint density at radius 2 is 1.67 bits per heavy atom. The largest absolute Gasteiger partial charge is 0.316 e. The van der Waals surface area contributed by atoms with Crippen molar-refractivity contribution in [1.29, 1.82) is 0 Å². The average Bonchev–Trinajstić information content (AvgIpc) is 1.14. The van der Waals surface area contributed by atoms with Gasteiger partial charge in [0.25, 0.3) is 0 Å². The van der Waals surface area contributed by atoms with Crippen molar-refractivity contribution < 1.29 is 9.09 Å².